The highest BCUT2D eigenvalue weighted by Gasteiger charge is 2.38. The predicted molar refractivity (Wildman–Crippen MR) is 69.2 cm³/mol. The number of anilines is 1. The molecule has 2 N–H and O–H groups in total. The van der Waals surface area contributed by atoms with Crippen LogP contribution in [0.5, 0.6) is 0 Å². The lowest BCUT2D eigenvalue weighted by Crippen LogP contribution is -2.25. The molecule has 2 aromatic rings. The first kappa shape index (κ1) is 10.6. The van der Waals surface area contributed by atoms with Crippen molar-refractivity contribution in [3.63, 3.8) is 0 Å². The second kappa shape index (κ2) is 3.60. The molecule has 5 nitrogen and oxygen atoms in total. The lowest BCUT2D eigenvalue weighted by Gasteiger charge is -2.13. The van der Waals surface area contributed by atoms with E-state index in [0.717, 1.165) is 41.6 Å². The van der Waals surface area contributed by atoms with Crippen LogP contribution >= 0.6 is 0 Å². The monoisotopic (exact) mass is 255 g/mol. The average Bonchev–Trinajstić information content (AvgIpc) is 3.09. The van der Waals surface area contributed by atoms with Crippen LogP contribution in [-0.4, -0.2) is 22.0 Å². The Labute approximate surface area is 110 Å². The van der Waals surface area contributed by atoms with Crippen molar-refractivity contribution in [1.82, 2.24) is 10.1 Å². The first-order valence-corrected chi connectivity index (χ1v) is 6.38. The van der Waals surface area contributed by atoms with E-state index in [1.807, 2.05) is 23.1 Å². The van der Waals surface area contributed by atoms with Crippen LogP contribution in [0.4, 0.5) is 5.88 Å². The summed E-state index contributed by atoms with van der Waals surface area (Å²) in [5.74, 6) is 0.416. The van der Waals surface area contributed by atoms with Gasteiger partial charge in [0.05, 0.1) is 11.8 Å². The van der Waals surface area contributed by atoms with E-state index in [1.54, 1.807) is 6.20 Å². The van der Waals surface area contributed by atoms with E-state index in [9.17, 15) is 4.79 Å². The maximum atomic E-state index is 12.3. The minimum atomic E-state index is 0.134. The Kier molecular flexibility index (Phi) is 2.01. The number of fused-ring (bicyclic) bond motifs is 1. The van der Waals surface area contributed by atoms with Gasteiger partial charge in [0.1, 0.15) is 0 Å². The fourth-order valence-corrected chi connectivity index (χ4v) is 2.64. The molecule has 0 spiro atoms. The molecular weight excluding hydrogens is 242 g/mol. The zero-order valence-electron chi connectivity index (χ0n) is 10.3. The van der Waals surface area contributed by atoms with E-state index in [4.69, 9.17) is 10.3 Å². The molecule has 0 bridgehead atoms. The molecule has 5 heteroatoms. The second-order valence-electron chi connectivity index (χ2n) is 5.14. The van der Waals surface area contributed by atoms with Crippen LogP contribution in [0.3, 0.4) is 0 Å². The van der Waals surface area contributed by atoms with Gasteiger partial charge in [0.2, 0.25) is 5.88 Å². The Hall–Kier alpha value is -2.30. The van der Waals surface area contributed by atoms with Crippen molar-refractivity contribution in [1.29, 1.82) is 0 Å². The number of benzene rings is 1. The molecular formula is C14H13N3O2. The number of nitrogens with zero attached hydrogens (tertiary/aromatic N) is 2. The van der Waals surface area contributed by atoms with Crippen LogP contribution in [0, 0.1) is 0 Å². The normalized spacial score (nSPS) is 17.9. The van der Waals surface area contributed by atoms with E-state index < -0.39 is 0 Å². The summed E-state index contributed by atoms with van der Waals surface area (Å²) in [6.07, 6.45) is 3.84. The van der Waals surface area contributed by atoms with Crippen molar-refractivity contribution >= 4 is 11.8 Å². The third-order valence-electron chi connectivity index (χ3n) is 3.84. The van der Waals surface area contributed by atoms with Crippen LogP contribution in [0.15, 0.2) is 28.9 Å². The highest BCUT2D eigenvalue weighted by Crippen LogP contribution is 2.36. The van der Waals surface area contributed by atoms with Crippen LogP contribution in [-0.2, 0) is 6.54 Å². The molecule has 1 saturated carbocycles. The molecule has 1 aromatic carbocycles. The fraction of sp³-hybridized carbons (Fsp3) is 0.286. The number of carbonyl (C=O) groups excluding carboxylic acids is 1. The molecule has 2 aliphatic rings. The van der Waals surface area contributed by atoms with Crippen molar-refractivity contribution < 1.29 is 9.32 Å². The Balaban J connectivity index is 1.76. The van der Waals surface area contributed by atoms with Gasteiger partial charge in [0, 0.05) is 18.2 Å². The summed E-state index contributed by atoms with van der Waals surface area (Å²) >= 11 is 0. The first-order chi connectivity index (χ1) is 9.24. The highest BCUT2D eigenvalue weighted by atomic mass is 16.5. The smallest absolute Gasteiger partial charge is 0.254 e. The SMILES string of the molecule is Nc1oncc1-c1ccc2c(c1)C(=O)N(C1CC1)C2. The molecule has 2 heterocycles. The summed E-state index contributed by atoms with van der Waals surface area (Å²) in [6, 6.07) is 6.30. The van der Waals surface area contributed by atoms with Gasteiger partial charge >= 0.3 is 0 Å². The molecule has 0 unspecified atom stereocenters. The number of amides is 1. The number of carbonyl (C=O) groups is 1. The lowest BCUT2D eigenvalue weighted by molar-refractivity contribution is 0.0766. The minimum absolute atomic E-state index is 0.134. The second-order valence-corrected chi connectivity index (χ2v) is 5.14. The van der Waals surface area contributed by atoms with Gasteiger partial charge in [-0.3, -0.25) is 4.79 Å². The molecule has 0 atom stereocenters. The number of hydrogen-bond acceptors (Lipinski definition) is 4. The molecule has 1 amide bonds. The van der Waals surface area contributed by atoms with E-state index in [0.29, 0.717) is 6.04 Å². The van der Waals surface area contributed by atoms with Gasteiger partial charge in [-0.15, -0.1) is 0 Å². The van der Waals surface area contributed by atoms with Gasteiger partial charge < -0.3 is 15.2 Å². The van der Waals surface area contributed by atoms with Gasteiger partial charge in [-0.2, -0.15) is 0 Å². The zero-order chi connectivity index (χ0) is 13.0. The average molecular weight is 255 g/mol. The molecule has 1 fully saturated rings. The van der Waals surface area contributed by atoms with Crippen molar-refractivity contribution in [3.8, 4) is 11.1 Å². The number of aromatic nitrogens is 1. The molecule has 19 heavy (non-hydrogen) atoms. The Morgan fingerprint density at radius 3 is 2.84 bits per heavy atom. The lowest BCUT2D eigenvalue weighted by atomic mass is 10.0. The molecule has 1 aromatic heterocycles. The molecule has 0 saturated heterocycles. The topological polar surface area (TPSA) is 72.4 Å². The Morgan fingerprint density at radius 1 is 1.32 bits per heavy atom. The van der Waals surface area contributed by atoms with Gasteiger partial charge in [0.25, 0.3) is 5.91 Å². The largest absolute Gasteiger partial charge is 0.367 e. The van der Waals surface area contributed by atoms with Crippen LogP contribution < -0.4 is 5.73 Å². The van der Waals surface area contributed by atoms with Crippen molar-refractivity contribution in [2.24, 2.45) is 0 Å². The number of hydrogen-bond donors (Lipinski definition) is 1. The molecule has 1 aliphatic carbocycles. The summed E-state index contributed by atoms with van der Waals surface area (Å²) in [6.45, 7) is 0.734. The van der Waals surface area contributed by atoms with Gasteiger partial charge in [-0.05, 0) is 30.0 Å². The van der Waals surface area contributed by atoms with E-state index in [2.05, 4.69) is 5.16 Å². The fourth-order valence-electron chi connectivity index (χ4n) is 2.64. The zero-order valence-corrected chi connectivity index (χ0v) is 10.3. The first-order valence-electron chi connectivity index (χ1n) is 6.38. The van der Waals surface area contributed by atoms with Crippen molar-refractivity contribution in [2.75, 3.05) is 5.73 Å². The molecule has 96 valence electrons. The number of nitrogen functional groups attached to an aromatic ring is 1. The van der Waals surface area contributed by atoms with E-state index in [-0.39, 0.29) is 11.8 Å². The Bertz CT molecular complexity index is 673. The summed E-state index contributed by atoms with van der Waals surface area (Å²) < 4.78 is 4.87. The molecule has 4 rings (SSSR count). The third-order valence-corrected chi connectivity index (χ3v) is 3.84. The third kappa shape index (κ3) is 1.54. The maximum absolute atomic E-state index is 12.3. The van der Waals surface area contributed by atoms with E-state index in [1.165, 1.54) is 0 Å². The predicted octanol–water partition coefficient (Wildman–Crippen LogP) is 2.04. The van der Waals surface area contributed by atoms with Crippen LogP contribution in [0.25, 0.3) is 11.1 Å². The summed E-state index contributed by atoms with van der Waals surface area (Å²) in [5.41, 5.74) is 9.20. The quantitative estimate of drug-likeness (QED) is 0.891. The van der Waals surface area contributed by atoms with Gasteiger partial charge in [-0.1, -0.05) is 17.3 Å². The molecule has 1 aliphatic heterocycles. The van der Waals surface area contributed by atoms with Crippen LogP contribution in [0.2, 0.25) is 0 Å². The standard InChI is InChI=1S/C14H13N3O2/c15-13-12(6-16-19-13)8-1-2-9-7-17(10-3-4-10)14(18)11(9)5-8/h1-2,5-6,10H,3-4,7,15H2. The van der Waals surface area contributed by atoms with Gasteiger partial charge in [0.15, 0.2) is 0 Å². The van der Waals surface area contributed by atoms with Crippen molar-refractivity contribution in [2.45, 2.75) is 25.4 Å². The van der Waals surface area contributed by atoms with E-state index >= 15 is 0 Å². The summed E-state index contributed by atoms with van der Waals surface area (Å²) in [7, 11) is 0. The Morgan fingerprint density at radius 2 is 2.16 bits per heavy atom. The number of rotatable bonds is 2. The molecule has 0 radical (unpaired) electrons. The minimum Gasteiger partial charge on any atom is -0.367 e. The maximum Gasteiger partial charge on any atom is 0.254 e. The summed E-state index contributed by atoms with van der Waals surface area (Å²) in [5, 5.41) is 3.67. The summed E-state index contributed by atoms with van der Waals surface area (Å²) in [4.78, 5) is 14.3. The van der Waals surface area contributed by atoms with Crippen molar-refractivity contribution in [3.05, 3.63) is 35.5 Å². The van der Waals surface area contributed by atoms with Gasteiger partial charge in [-0.25, -0.2) is 0 Å². The van der Waals surface area contributed by atoms with Crippen LogP contribution in [0.1, 0.15) is 28.8 Å². The number of nitrogens with two attached hydrogens (primary N) is 1. The highest BCUT2D eigenvalue weighted by molar-refractivity contribution is 6.00.